The van der Waals surface area contributed by atoms with E-state index in [0.717, 1.165) is 0 Å². The minimum absolute atomic E-state index is 0.181. The van der Waals surface area contributed by atoms with Crippen molar-refractivity contribution in [3.63, 3.8) is 0 Å². The topological polar surface area (TPSA) is 140 Å². The molecular formula is C9H13N5O2. The fourth-order valence-electron chi connectivity index (χ4n) is 0.951. The number of nitrogens with two attached hydrogens (primary N) is 3. The van der Waals surface area contributed by atoms with Gasteiger partial charge in [0.2, 0.25) is 0 Å². The Labute approximate surface area is 92.1 Å². The van der Waals surface area contributed by atoms with Crippen LogP contribution in [0, 0.1) is 5.41 Å². The van der Waals surface area contributed by atoms with Gasteiger partial charge in [0, 0.05) is 6.07 Å². The van der Waals surface area contributed by atoms with Gasteiger partial charge in [-0.1, -0.05) is 0 Å². The second-order valence-electron chi connectivity index (χ2n) is 3.03. The molecule has 0 amide bonds. The third-order valence-corrected chi connectivity index (χ3v) is 1.71. The van der Waals surface area contributed by atoms with E-state index >= 15 is 0 Å². The van der Waals surface area contributed by atoms with Crippen LogP contribution in [0.5, 0.6) is 5.75 Å². The van der Waals surface area contributed by atoms with Crippen LogP contribution < -0.4 is 27.3 Å². The van der Waals surface area contributed by atoms with E-state index in [0.29, 0.717) is 17.1 Å². The molecule has 0 saturated carbocycles. The molecule has 1 aromatic rings. The zero-order chi connectivity index (χ0) is 12.1. The zero-order valence-corrected chi connectivity index (χ0v) is 8.49. The highest BCUT2D eigenvalue weighted by molar-refractivity contribution is 5.82. The lowest BCUT2D eigenvalue weighted by Gasteiger charge is -2.07. The molecule has 0 fully saturated rings. The summed E-state index contributed by atoms with van der Waals surface area (Å²) in [7, 11) is 0. The minimum atomic E-state index is -0.570. The molecule has 1 aromatic carbocycles. The first-order valence-corrected chi connectivity index (χ1v) is 4.42. The fourth-order valence-corrected chi connectivity index (χ4v) is 0.951. The number of anilines is 2. The maximum Gasteiger partial charge on any atom is 0.330 e. The highest BCUT2D eigenvalue weighted by Crippen LogP contribution is 2.21. The Kier molecular flexibility index (Phi) is 3.54. The van der Waals surface area contributed by atoms with Crippen molar-refractivity contribution >= 4 is 23.3 Å². The van der Waals surface area contributed by atoms with E-state index in [1.165, 1.54) is 18.2 Å². The maximum absolute atomic E-state index is 11.2. The molecule has 0 aliphatic heterocycles. The number of carbonyl (C=O) groups excluding carboxylic acids is 1. The van der Waals surface area contributed by atoms with Crippen molar-refractivity contribution < 1.29 is 9.53 Å². The van der Waals surface area contributed by atoms with Gasteiger partial charge in [0.1, 0.15) is 12.3 Å². The number of nitrogen functional groups attached to an aromatic ring is 2. The molecule has 0 aliphatic rings. The average Bonchev–Trinajstić information content (AvgIpc) is 2.21. The average molecular weight is 223 g/mol. The monoisotopic (exact) mass is 223 g/mol. The van der Waals surface area contributed by atoms with Gasteiger partial charge >= 0.3 is 5.97 Å². The highest BCUT2D eigenvalue weighted by Gasteiger charge is 2.05. The van der Waals surface area contributed by atoms with Crippen molar-refractivity contribution in [2.24, 2.45) is 5.73 Å². The number of hydrogen-bond donors (Lipinski definition) is 5. The summed E-state index contributed by atoms with van der Waals surface area (Å²) in [4.78, 5) is 11.2. The number of rotatable bonds is 3. The van der Waals surface area contributed by atoms with E-state index in [2.05, 4.69) is 5.32 Å². The Morgan fingerprint density at radius 2 is 2.06 bits per heavy atom. The second-order valence-corrected chi connectivity index (χ2v) is 3.03. The van der Waals surface area contributed by atoms with Gasteiger partial charge in [0.15, 0.2) is 5.96 Å². The van der Waals surface area contributed by atoms with Crippen LogP contribution in [-0.4, -0.2) is 18.5 Å². The Bertz CT molecular complexity index is 418. The van der Waals surface area contributed by atoms with E-state index in [9.17, 15) is 4.79 Å². The molecule has 0 aromatic heterocycles. The molecule has 0 unspecified atom stereocenters. The Balaban J connectivity index is 2.56. The first-order chi connectivity index (χ1) is 7.49. The first kappa shape index (κ1) is 11.6. The van der Waals surface area contributed by atoms with Crippen LogP contribution in [0.1, 0.15) is 0 Å². The summed E-state index contributed by atoms with van der Waals surface area (Å²) in [6.45, 7) is -0.181. The molecule has 0 heterocycles. The smallest absolute Gasteiger partial charge is 0.330 e. The van der Waals surface area contributed by atoms with Crippen LogP contribution in [0.25, 0.3) is 0 Å². The number of nitrogens with one attached hydrogen (secondary N) is 2. The van der Waals surface area contributed by atoms with Gasteiger partial charge in [-0.25, -0.2) is 4.79 Å². The van der Waals surface area contributed by atoms with Crippen molar-refractivity contribution in [1.29, 1.82) is 5.41 Å². The van der Waals surface area contributed by atoms with Crippen molar-refractivity contribution in [2.45, 2.75) is 0 Å². The molecule has 7 heteroatoms. The molecule has 0 aliphatic carbocycles. The predicted molar refractivity (Wildman–Crippen MR) is 60.8 cm³/mol. The number of carbonyl (C=O) groups is 1. The Hall–Kier alpha value is -2.44. The van der Waals surface area contributed by atoms with E-state index < -0.39 is 5.97 Å². The summed E-state index contributed by atoms with van der Waals surface area (Å²) in [5.41, 5.74) is 16.8. The third-order valence-electron chi connectivity index (χ3n) is 1.71. The molecule has 16 heavy (non-hydrogen) atoms. The summed E-state index contributed by atoms with van der Waals surface area (Å²) in [6.07, 6.45) is 0. The van der Waals surface area contributed by atoms with Gasteiger partial charge in [0.25, 0.3) is 0 Å². The summed E-state index contributed by atoms with van der Waals surface area (Å²) < 4.78 is 4.91. The van der Waals surface area contributed by atoms with Gasteiger partial charge in [-0.05, 0) is 12.1 Å². The first-order valence-electron chi connectivity index (χ1n) is 4.42. The van der Waals surface area contributed by atoms with Crippen LogP contribution in [0.4, 0.5) is 11.4 Å². The van der Waals surface area contributed by atoms with Gasteiger partial charge in [-0.2, -0.15) is 0 Å². The predicted octanol–water partition coefficient (Wildman–Crippen LogP) is -0.761. The molecule has 86 valence electrons. The largest absolute Gasteiger partial charge is 0.425 e. The van der Waals surface area contributed by atoms with Gasteiger partial charge < -0.3 is 27.3 Å². The van der Waals surface area contributed by atoms with E-state index in [1.807, 2.05) is 0 Å². The zero-order valence-electron chi connectivity index (χ0n) is 8.49. The Morgan fingerprint density at radius 3 is 2.62 bits per heavy atom. The van der Waals surface area contributed by atoms with Crippen LogP contribution in [0.2, 0.25) is 0 Å². The standard InChI is InChI=1S/C9H13N5O2/c10-6-2-1-5(3-7(6)11)16-8(15)4-14-9(12)13/h1-3H,4,10-11H2,(H4,12,13,14). The molecular weight excluding hydrogens is 210 g/mol. The molecule has 0 spiro atoms. The van der Waals surface area contributed by atoms with Gasteiger partial charge in [0.05, 0.1) is 11.4 Å². The molecule has 0 saturated heterocycles. The molecule has 0 atom stereocenters. The summed E-state index contributed by atoms with van der Waals surface area (Å²) in [5, 5.41) is 9.17. The quantitative estimate of drug-likeness (QED) is 0.150. The minimum Gasteiger partial charge on any atom is -0.425 e. The number of benzene rings is 1. The van der Waals surface area contributed by atoms with Crippen molar-refractivity contribution in [2.75, 3.05) is 18.0 Å². The van der Waals surface area contributed by atoms with Gasteiger partial charge in [-0.15, -0.1) is 0 Å². The van der Waals surface area contributed by atoms with Gasteiger partial charge in [-0.3, -0.25) is 5.41 Å². The van der Waals surface area contributed by atoms with Crippen molar-refractivity contribution in [3.8, 4) is 5.75 Å². The van der Waals surface area contributed by atoms with Crippen molar-refractivity contribution in [1.82, 2.24) is 5.32 Å². The molecule has 7 nitrogen and oxygen atoms in total. The lowest BCUT2D eigenvalue weighted by atomic mass is 10.2. The lowest BCUT2D eigenvalue weighted by Crippen LogP contribution is -2.36. The molecule has 1 rings (SSSR count). The van der Waals surface area contributed by atoms with Crippen LogP contribution in [0.15, 0.2) is 18.2 Å². The van der Waals surface area contributed by atoms with Crippen LogP contribution in [-0.2, 0) is 4.79 Å². The number of hydrogen-bond acceptors (Lipinski definition) is 5. The number of guanidine groups is 1. The third kappa shape index (κ3) is 3.37. The normalized spacial score (nSPS) is 9.50. The Morgan fingerprint density at radius 1 is 1.38 bits per heavy atom. The lowest BCUT2D eigenvalue weighted by molar-refractivity contribution is -0.133. The molecule has 0 radical (unpaired) electrons. The summed E-state index contributed by atoms with van der Waals surface area (Å²) in [5.74, 6) is -0.574. The highest BCUT2D eigenvalue weighted by atomic mass is 16.5. The fraction of sp³-hybridized carbons (Fsp3) is 0.111. The van der Waals surface area contributed by atoms with Crippen molar-refractivity contribution in [3.05, 3.63) is 18.2 Å². The number of ether oxygens (including phenoxy) is 1. The molecule has 0 bridgehead atoms. The van der Waals surface area contributed by atoms with E-state index in [1.54, 1.807) is 0 Å². The summed E-state index contributed by atoms with van der Waals surface area (Å²) >= 11 is 0. The second kappa shape index (κ2) is 4.87. The number of esters is 1. The van der Waals surface area contributed by atoms with Crippen LogP contribution >= 0.6 is 0 Å². The van der Waals surface area contributed by atoms with Crippen LogP contribution in [0.3, 0.4) is 0 Å². The van der Waals surface area contributed by atoms with E-state index in [-0.39, 0.29) is 12.5 Å². The maximum atomic E-state index is 11.2. The molecule has 8 N–H and O–H groups in total. The van der Waals surface area contributed by atoms with E-state index in [4.69, 9.17) is 27.3 Å². The SMILES string of the molecule is N=C(N)NCC(=O)Oc1ccc(N)c(N)c1. The summed E-state index contributed by atoms with van der Waals surface area (Å²) in [6, 6.07) is 4.51.